The second-order valence-electron chi connectivity index (χ2n) is 6.48. The Labute approximate surface area is 132 Å². The number of halogens is 1. The number of aromatic nitrogens is 2. The molecule has 2 aliphatic carbocycles. The molecule has 0 aliphatic heterocycles. The highest BCUT2D eigenvalue weighted by atomic mass is 35.5. The van der Waals surface area contributed by atoms with E-state index in [9.17, 15) is 4.79 Å². The Bertz CT molecular complexity index is 528. The largest absolute Gasteiger partial charge is 0.349 e. The van der Waals surface area contributed by atoms with Crippen molar-refractivity contribution in [3.8, 4) is 0 Å². The van der Waals surface area contributed by atoms with Crippen LogP contribution in [0.2, 0.25) is 0 Å². The Balaban J connectivity index is 0.00000161. The minimum absolute atomic E-state index is 0. The molecule has 3 rings (SSSR count). The summed E-state index contributed by atoms with van der Waals surface area (Å²) in [7, 11) is 1.92. The number of carbonyl (C=O) groups is 1. The summed E-state index contributed by atoms with van der Waals surface area (Å²) in [6, 6.07) is 0.0403. The van der Waals surface area contributed by atoms with E-state index in [1.165, 1.54) is 6.42 Å². The summed E-state index contributed by atoms with van der Waals surface area (Å²) in [5.41, 5.74) is 8.41. The fourth-order valence-electron chi connectivity index (χ4n) is 4.05. The lowest BCUT2D eigenvalue weighted by Gasteiger charge is -2.28. The van der Waals surface area contributed by atoms with E-state index in [1.54, 1.807) is 0 Å². The second-order valence-corrected chi connectivity index (χ2v) is 6.48. The van der Waals surface area contributed by atoms with E-state index in [0.717, 1.165) is 24.1 Å². The maximum Gasteiger partial charge on any atom is 0.225 e. The molecular weight excluding hydrogens is 288 g/mol. The molecule has 0 saturated heterocycles. The van der Waals surface area contributed by atoms with Crippen LogP contribution in [0.4, 0.5) is 0 Å². The smallest absolute Gasteiger partial charge is 0.225 e. The zero-order chi connectivity index (χ0) is 14.4. The Morgan fingerprint density at radius 1 is 1.48 bits per heavy atom. The first-order chi connectivity index (χ1) is 9.49. The van der Waals surface area contributed by atoms with E-state index < -0.39 is 0 Å². The number of nitrogens with one attached hydrogen (secondary N) is 1. The van der Waals surface area contributed by atoms with Gasteiger partial charge in [-0.15, -0.1) is 12.4 Å². The van der Waals surface area contributed by atoms with Gasteiger partial charge in [0.2, 0.25) is 5.91 Å². The monoisotopic (exact) mass is 312 g/mol. The molecule has 0 aromatic carbocycles. The van der Waals surface area contributed by atoms with Crippen molar-refractivity contribution in [2.45, 2.75) is 45.2 Å². The van der Waals surface area contributed by atoms with Gasteiger partial charge in [0.15, 0.2) is 0 Å². The summed E-state index contributed by atoms with van der Waals surface area (Å²) in [6.45, 7) is 4.04. The maximum atomic E-state index is 12.5. The summed E-state index contributed by atoms with van der Waals surface area (Å²) >= 11 is 0. The lowest BCUT2D eigenvalue weighted by Crippen LogP contribution is -2.45. The van der Waals surface area contributed by atoms with E-state index >= 15 is 0 Å². The molecule has 0 spiro atoms. The molecule has 118 valence electrons. The van der Waals surface area contributed by atoms with Crippen molar-refractivity contribution in [1.82, 2.24) is 15.1 Å². The minimum atomic E-state index is -0.0115. The zero-order valence-corrected chi connectivity index (χ0v) is 13.7. The third-order valence-corrected chi connectivity index (χ3v) is 5.38. The average Bonchev–Trinajstić information content (AvgIpc) is 3.06. The van der Waals surface area contributed by atoms with Gasteiger partial charge >= 0.3 is 0 Å². The van der Waals surface area contributed by atoms with E-state index in [4.69, 9.17) is 5.73 Å². The van der Waals surface area contributed by atoms with Crippen LogP contribution >= 0.6 is 12.4 Å². The molecule has 3 N–H and O–H groups in total. The molecule has 2 fully saturated rings. The van der Waals surface area contributed by atoms with Crippen LogP contribution in [0.25, 0.3) is 0 Å². The van der Waals surface area contributed by atoms with Crippen molar-refractivity contribution in [2.75, 3.05) is 0 Å². The molecule has 5 nitrogen and oxygen atoms in total. The highest BCUT2D eigenvalue weighted by molar-refractivity contribution is 5.85. The summed E-state index contributed by atoms with van der Waals surface area (Å²) in [6.07, 6.45) is 5.34. The molecule has 1 amide bonds. The zero-order valence-electron chi connectivity index (χ0n) is 12.9. The summed E-state index contributed by atoms with van der Waals surface area (Å²) in [4.78, 5) is 12.5. The molecule has 5 atom stereocenters. The van der Waals surface area contributed by atoms with Crippen molar-refractivity contribution in [3.63, 3.8) is 0 Å². The number of hydrogen-bond acceptors (Lipinski definition) is 3. The number of carbonyl (C=O) groups excluding carboxylic acids is 1. The number of hydrogen-bond donors (Lipinski definition) is 2. The summed E-state index contributed by atoms with van der Waals surface area (Å²) < 4.78 is 1.83. The predicted octanol–water partition coefficient (Wildman–Crippen LogP) is 1.70. The quantitative estimate of drug-likeness (QED) is 0.892. The highest BCUT2D eigenvalue weighted by Gasteiger charge is 2.49. The van der Waals surface area contributed by atoms with Gasteiger partial charge in [0.05, 0.1) is 18.2 Å². The van der Waals surface area contributed by atoms with Crippen molar-refractivity contribution in [2.24, 2.45) is 30.5 Å². The number of amides is 1. The Kier molecular flexibility index (Phi) is 4.63. The fraction of sp³-hybridized carbons (Fsp3) is 0.733. The maximum absolute atomic E-state index is 12.5. The van der Waals surface area contributed by atoms with Crippen molar-refractivity contribution in [3.05, 3.63) is 17.5 Å². The van der Waals surface area contributed by atoms with Gasteiger partial charge in [-0.2, -0.15) is 5.10 Å². The Hall–Kier alpha value is -1.07. The third kappa shape index (κ3) is 2.69. The van der Waals surface area contributed by atoms with Gasteiger partial charge in [0.25, 0.3) is 0 Å². The number of rotatable bonds is 3. The molecule has 2 bridgehead atoms. The molecule has 1 aromatic rings. The number of nitrogens with two attached hydrogens (primary N) is 1. The van der Waals surface area contributed by atoms with Crippen LogP contribution in [0.1, 0.15) is 43.5 Å². The first-order valence-electron chi connectivity index (χ1n) is 7.53. The van der Waals surface area contributed by atoms with Gasteiger partial charge in [-0.25, -0.2) is 0 Å². The molecule has 2 aliphatic rings. The van der Waals surface area contributed by atoms with Gasteiger partial charge in [0, 0.05) is 24.3 Å². The van der Waals surface area contributed by atoms with Crippen LogP contribution in [0, 0.1) is 24.7 Å². The predicted molar refractivity (Wildman–Crippen MR) is 84.0 cm³/mol. The van der Waals surface area contributed by atoms with Crippen LogP contribution < -0.4 is 11.1 Å². The summed E-state index contributed by atoms with van der Waals surface area (Å²) in [5.74, 6) is 1.19. The SMILES string of the molecule is Cc1c(C(C)NC(=O)C2C3CCC(C3)C2N)cnn1C.Cl. The standard InChI is InChI=1S/C15H24N4O.ClH/c1-8(12-7-17-19(3)9(12)2)18-15(20)13-10-4-5-11(6-10)14(13)16;/h7-8,10-11,13-14H,4-6,16H2,1-3H3,(H,18,20);1H. The van der Waals surface area contributed by atoms with Crippen molar-refractivity contribution >= 4 is 18.3 Å². The molecule has 1 heterocycles. The molecule has 21 heavy (non-hydrogen) atoms. The lowest BCUT2D eigenvalue weighted by molar-refractivity contribution is -0.127. The van der Waals surface area contributed by atoms with Gasteiger partial charge < -0.3 is 11.1 Å². The van der Waals surface area contributed by atoms with E-state index in [0.29, 0.717) is 11.8 Å². The van der Waals surface area contributed by atoms with Crippen LogP contribution in [-0.4, -0.2) is 21.7 Å². The van der Waals surface area contributed by atoms with Gasteiger partial charge in [-0.3, -0.25) is 9.48 Å². The molecule has 0 radical (unpaired) electrons. The molecule has 1 aromatic heterocycles. The third-order valence-electron chi connectivity index (χ3n) is 5.38. The topological polar surface area (TPSA) is 72.9 Å². The van der Waals surface area contributed by atoms with Crippen LogP contribution in [0.5, 0.6) is 0 Å². The second kappa shape index (κ2) is 5.97. The van der Waals surface area contributed by atoms with Gasteiger partial charge in [-0.05, 0) is 44.9 Å². The highest BCUT2D eigenvalue weighted by Crippen LogP contribution is 2.47. The van der Waals surface area contributed by atoms with Gasteiger partial charge in [0.1, 0.15) is 0 Å². The minimum Gasteiger partial charge on any atom is -0.349 e. The first kappa shape index (κ1) is 16.3. The normalized spacial score (nSPS) is 31.8. The number of nitrogens with zero attached hydrogens (tertiary/aromatic N) is 2. The number of aryl methyl sites for hydroxylation is 1. The van der Waals surface area contributed by atoms with Crippen LogP contribution in [-0.2, 0) is 11.8 Å². The van der Waals surface area contributed by atoms with E-state index in [1.807, 2.05) is 31.8 Å². The van der Waals surface area contributed by atoms with Crippen LogP contribution in [0.3, 0.4) is 0 Å². The van der Waals surface area contributed by atoms with E-state index in [2.05, 4.69) is 10.4 Å². The Morgan fingerprint density at radius 3 is 2.67 bits per heavy atom. The lowest BCUT2D eigenvalue weighted by atomic mass is 9.84. The molecule has 6 heteroatoms. The summed E-state index contributed by atoms with van der Waals surface area (Å²) in [5, 5.41) is 7.37. The molecule has 5 unspecified atom stereocenters. The number of fused-ring (bicyclic) bond motifs is 2. The van der Waals surface area contributed by atoms with Crippen molar-refractivity contribution in [1.29, 1.82) is 0 Å². The van der Waals surface area contributed by atoms with E-state index in [-0.39, 0.29) is 36.3 Å². The Morgan fingerprint density at radius 2 is 2.14 bits per heavy atom. The van der Waals surface area contributed by atoms with Gasteiger partial charge in [-0.1, -0.05) is 0 Å². The van der Waals surface area contributed by atoms with Crippen LogP contribution in [0.15, 0.2) is 6.20 Å². The molecular formula is C15H25ClN4O. The average molecular weight is 313 g/mol. The molecule has 2 saturated carbocycles. The fourth-order valence-corrected chi connectivity index (χ4v) is 4.05. The first-order valence-corrected chi connectivity index (χ1v) is 7.53. The van der Waals surface area contributed by atoms with Crippen molar-refractivity contribution < 1.29 is 4.79 Å².